The molecule has 0 spiro atoms. The number of amides is 6. The number of unbranched alkanes of at least 4 members (excludes halogenated alkanes) is 6. The maximum absolute atomic E-state index is 12.0. The van der Waals surface area contributed by atoms with Crippen LogP contribution in [0.2, 0.25) is 0 Å². The van der Waals surface area contributed by atoms with Gasteiger partial charge in [0.25, 0.3) is 0 Å². The van der Waals surface area contributed by atoms with Gasteiger partial charge in [0.05, 0.1) is 0 Å². The summed E-state index contributed by atoms with van der Waals surface area (Å²) >= 11 is 0. The molecule has 0 aromatic rings. The first-order valence-electron chi connectivity index (χ1n) is 14.5. The van der Waals surface area contributed by atoms with Gasteiger partial charge in [0.15, 0.2) is 0 Å². The quantitative estimate of drug-likeness (QED) is 0.0547. The van der Waals surface area contributed by atoms with Crippen LogP contribution in [0.3, 0.4) is 0 Å². The van der Waals surface area contributed by atoms with E-state index in [1.54, 1.807) is 0 Å². The molecule has 0 saturated heterocycles. The Kier molecular flexibility index (Phi) is 22.6. The summed E-state index contributed by atoms with van der Waals surface area (Å²) in [6.45, 7) is 5.14. The van der Waals surface area contributed by atoms with Gasteiger partial charge in [-0.3, -0.25) is 39.2 Å². The summed E-state index contributed by atoms with van der Waals surface area (Å²) in [7, 11) is 0. The largest absolute Gasteiger partial charge is 0.356 e. The SMILES string of the molecule is CC(=O)NCCCCCNC(=O)CCC(=O)NCCCCCN(O)C(=O)CCC(=O)NCCCCCN(O)C(C)=O. The highest BCUT2D eigenvalue weighted by Gasteiger charge is 2.13. The van der Waals surface area contributed by atoms with E-state index in [1.165, 1.54) is 13.8 Å². The molecule has 0 radical (unpaired) electrons. The van der Waals surface area contributed by atoms with Crippen LogP contribution in [0.5, 0.6) is 0 Å². The van der Waals surface area contributed by atoms with Crippen LogP contribution in [0.1, 0.15) is 97.3 Å². The summed E-state index contributed by atoms with van der Waals surface area (Å²) in [5.74, 6) is -1.68. The minimum Gasteiger partial charge on any atom is -0.356 e. The number of nitrogens with one attached hydrogen (secondary N) is 4. The zero-order valence-corrected chi connectivity index (χ0v) is 24.7. The van der Waals surface area contributed by atoms with Gasteiger partial charge in [0, 0.05) is 78.8 Å². The van der Waals surface area contributed by atoms with Gasteiger partial charge in [0.1, 0.15) is 0 Å². The number of carbonyl (C=O) groups excluding carboxylic acids is 6. The predicted octanol–water partition coefficient (Wildman–Crippen LogP) is 0.998. The molecule has 0 atom stereocenters. The van der Waals surface area contributed by atoms with Crippen molar-refractivity contribution in [3.8, 4) is 0 Å². The van der Waals surface area contributed by atoms with Crippen LogP contribution in [-0.4, -0.2) is 95.3 Å². The van der Waals surface area contributed by atoms with E-state index >= 15 is 0 Å². The molecule has 0 unspecified atom stereocenters. The zero-order valence-electron chi connectivity index (χ0n) is 24.7. The van der Waals surface area contributed by atoms with Gasteiger partial charge in [-0.05, 0) is 57.8 Å². The van der Waals surface area contributed by atoms with Crippen molar-refractivity contribution in [2.45, 2.75) is 97.3 Å². The molecule has 0 aromatic heterocycles. The fourth-order valence-corrected chi connectivity index (χ4v) is 3.63. The van der Waals surface area contributed by atoms with Crippen LogP contribution in [-0.2, 0) is 28.8 Å². The molecule has 0 aliphatic carbocycles. The van der Waals surface area contributed by atoms with E-state index in [9.17, 15) is 39.2 Å². The van der Waals surface area contributed by atoms with Crippen LogP contribution < -0.4 is 21.3 Å². The van der Waals surface area contributed by atoms with Crippen molar-refractivity contribution in [1.29, 1.82) is 0 Å². The Morgan fingerprint density at radius 1 is 0.488 bits per heavy atom. The normalized spacial score (nSPS) is 10.4. The van der Waals surface area contributed by atoms with Crippen molar-refractivity contribution in [2.24, 2.45) is 0 Å². The molecule has 14 nitrogen and oxygen atoms in total. The molecule has 41 heavy (non-hydrogen) atoms. The molecule has 0 saturated carbocycles. The van der Waals surface area contributed by atoms with E-state index in [2.05, 4.69) is 21.3 Å². The van der Waals surface area contributed by atoms with E-state index in [1.807, 2.05) is 0 Å². The number of nitrogens with zero attached hydrogens (tertiary/aromatic N) is 2. The molecular weight excluding hydrogens is 536 g/mol. The van der Waals surface area contributed by atoms with Gasteiger partial charge < -0.3 is 21.3 Å². The predicted molar refractivity (Wildman–Crippen MR) is 150 cm³/mol. The Morgan fingerprint density at radius 3 is 1.27 bits per heavy atom. The highest BCUT2D eigenvalue weighted by atomic mass is 16.5. The minimum atomic E-state index is -0.538. The van der Waals surface area contributed by atoms with Gasteiger partial charge in [0.2, 0.25) is 35.4 Å². The maximum atomic E-state index is 12.0. The first-order chi connectivity index (χ1) is 19.5. The Bertz CT molecular complexity index is 811. The van der Waals surface area contributed by atoms with Crippen molar-refractivity contribution in [3.63, 3.8) is 0 Å². The van der Waals surface area contributed by atoms with Crippen molar-refractivity contribution in [1.82, 2.24) is 31.4 Å². The Balaban J connectivity index is 3.67. The molecule has 0 rings (SSSR count). The fourth-order valence-electron chi connectivity index (χ4n) is 3.63. The third kappa shape index (κ3) is 24.3. The van der Waals surface area contributed by atoms with E-state index in [-0.39, 0.29) is 62.4 Å². The van der Waals surface area contributed by atoms with E-state index < -0.39 is 11.8 Å². The summed E-state index contributed by atoms with van der Waals surface area (Å²) in [4.78, 5) is 69.2. The minimum absolute atomic E-state index is 0.0331. The van der Waals surface area contributed by atoms with Crippen LogP contribution in [0.25, 0.3) is 0 Å². The lowest BCUT2D eigenvalue weighted by Crippen LogP contribution is -2.31. The first-order valence-corrected chi connectivity index (χ1v) is 14.5. The molecule has 14 heteroatoms. The number of rotatable bonds is 24. The summed E-state index contributed by atoms with van der Waals surface area (Å²) in [6.07, 6.45) is 6.50. The molecule has 0 aliphatic heterocycles. The second-order valence-electron chi connectivity index (χ2n) is 9.87. The van der Waals surface area contributed by atoms with Crippen LogP contribution in [0, 0.1) is 0 Å². The lowest BCUT2D eigenvalue weighted by molar-refractivity contribution is -0.166. The van der Waals surface area contributed by atoms with Gasteiger partial charge in [-0.1, -0.05) is 0 Å². The van der Waals surface area contributed by atoms with E-state index in [4.69, 9.17) is 0 Å². The number of carbonyl (C=O) groups is 6. The highest BCUT2D eigenvalue weighted by molar-refractivity contribution is 5.84. The lowest BCUT2D eigenvalue weighted by atomic mass is 10.2. The molecule has 0 heterocycles. The van der Waals surface area contributed by atoms with Gasteiger partial charge >= 0.3 is 0 Å². The second-order valence-corrected chi connectivity index (χ2v) is 9.87. The lowest BCUT2D eigenvalue weighted by Gasteiger charge is -2.15. The third-order valence-electron chi connectivity index (χ3n) is 6.08. The average molecular weight is 587 g/mol. The van der Waals surface area contributed by atoms with Gasteiger partial charge in [-0.25, -0.2) is 10.1 Å². The number of hydrogen-bond donors (Lipinski definition) is 6. The summed E-state index contributed by atoms with van der Waals surface area (Å²) in [6, 6.07) is 0. The topological polar surface area (TPSA) is 197 Å². The summed E-state index contributed by atoms with van der Waals surface area (Å²) < 4.78 is 0. The maximum Gasteiger partial charge on any atom is 0.246 e. The zero-order chi connectivity index (χ0) is 30.9. The van der Waals surface area contributed by atoms with Gasteiger partial charge in [-0.15, -0.1) is 0 Å². The van der Waals surface area contributed by atoms with Crippen molar-refractivity contribution < 1.29 is 39.2 Å². The number of hydroxylamine groups is 4. The molecule has 0 fully saturated rings. The molecule has 236 valence electrons. The van der Waals surface area contributed by atoms with Gasteiger partial charge in [-0.2, -0.15) is 0 Å². The van der Waals surface area contributed by atoms with Crippen molar-refractivity contribution in [2.75, 3.05) is 39.3 Å². The first kappa shape index (κ1) is 37.7. The van der Waals surface area contributed by atoms with Crippen molar-refractivity contribution in [3.05, 3.63) is 0 Å². The molecular formula is C27H50N6O8. The van der Waals surface area contributed by atoms with E-state index in [0.717, 1.165) is 25.7 Å². The average Bonchev–Trinajstić information content (AvgIpc) is 2.93. The Morgan fingerprint density at radius 2 is 0.854 bits per heavy atom. The van der Waals surface area contributed by atoms with Crippen LogP contribution >= 0.6 is 0 Å². The molecule has 6 amide bonds. The summed E-state index contributed by atoms with van der Waals surface area (Å²) in [5, 5.41) is 31.3. The highest BCUT2D eigenvalue weighted by Crippen LogP contribution is 2.02. The Hall–Kier alpha value is -3.26. The summed E-state index contributed by atoms with van der Waals surface area (Å²) in [5.41, 5.74) is 0. The van der Waals surface area contributed by atoms with Crippen molar-refractivity contribution >= 4 is 35.4 Å². The molecule has 0 aromatic carbocycles. The van der Waals surface area contributed by atoms with E-state index in [0.29, 0.717) is 68.4 Å². The standard InChI is InChI=1S/C27H50N6O8/c1-22(34)28-16-6-3-7-17-29-24(36)12-13-25(37)30-18-9-5-11-21-33(41)27(39)15-14-26(38)31-19-8-4-10-20-32(40)23(2)35/h40-41H,3-21H2,1-2H3,(H,28,34)(H,29,36)(H,30,37)(H,31,38). The fraction of sp³-hybridized carbons (Fsp3) is 0.778. The molecule has 6 N–H and O–H groups in total. The third-order valence-corrected chi connectivity index (χ3v) is 6.08. The monoisotopic (exact) mass is 586 g/mol. The molecule has 0 aliphatic rings. The Labute approximate surface area is 242 Å². The molecule has 0 bridgehead atoms. The number of hydrogen-bond acceptors (Lipinski definition) is 8. The second kappa shape index (κ2) is 24.5. The smallest absolute Gasteiger partial charge is 0.246 e. The van der Waals surface area contributed by atoms with Crippen LogP contribution in [0.15, 0.2) is 0 Å². The van der Waals surface area contributed by atoms with Crippen LogP contribution in [0.4, 0.5) is 0 Å².